The minimum Gasteiger partial charge on any atom is -0.370 e. The van der Waals surface area contributed by atoms with Crippen molar-refractivity contribution in [1.29, 1.82) is 0 Å². The molecule has 2 aliphatic rings. The van der Waals surface area contributed by atoms with Gasteiger partial charge >= 0.3 is 6.03 Å². The van der Waals surface area contributed by atoms with Gasteiger partial charge in [0, 0.05) is 25.4 Å². The number of carbonyl (C=O) groups excluding carboxylic acids is 2. The van der Waals surface area contributed by atoms with Crippen LogP contribution in [0.25, 0.3) is 0 Å². The standard InChI is InChI=1S/C9H14N2O3/c10-9(13)11-2-1-8-6(4-11)3-7(12)5-14-8/h6,8H,1-5H2,(H2,10,13)/t6-,8-/m1/s1. The summed E-state index contributed by atoms with van der Waals surface area (Å²) in [5.41, 5.74) is 5.18. The molecule has 5 heteroatoms. The van der Waals surface area contributed by atoms with Gasteiger partial charge in [-0.25, -0.2) is 4.79 Å². The van der Waals surface area contributed by atoms with Gasteiger partial charge in [0.15, 0.2) is 5.78 Å². The molecule has 0 bridgehead atoms. The molecular formula is C9H14N2O3. The van der Waals surface area contributed by atoms with Gasteiger partial charge in [-0.05, 0) is 6.42 Å². The number of fused-ring (bicyclic) bond motifs is 1. The van der Waals surface area contributed by atoms with Gasteiger partial charge in [-0.3, -0.25) is 4.79 Å². The van der Waals surface area contributed by atoms with Crippen LogP contribution >= 0.6 is 0 Å². The van der Waals surface area contributed by atoms with Crippen LogP contribution in [0.3, 0.4) is 0 Å². The molecule has 0 saturated carbocycles. The maximum atomic E-state index is 11.1. The van der Waals surface area contributed by atoms with Gasteiger partial charge in [-0.1, -0.05) is 0 Å². The third-order valence-corrected chi connectivity index (χ3v) is 2.92. The van der Waals surface area contributed by atoms with Crippen molar-refractivity contribution in [1.82, 2.24) is 4.90 Å². The van der Waals surface area contributed by atoms with E-state index in [1.54, 1.807) is 4.90 Å². The fourth-order valence-corrected chi connectivity index (χ4v) is 2.18. The normalized spacial score (nSPS) is 32.6. The van der Waals surface area contributed by atoms with Crippen molar-refractivity contribution >= 4 is 11.8 Å². The maximum Gasteiger partial charge on any atom is 0.314 e. The lowest BCUT2D eigenvalue weighted by Crippen LogP contribution is -2.51. The first kappa shape index (κ1) is 9.45. The summed E-state index contributed by atoms with van der Waals surface area (Å²) in [6, 6.07) is -0.401. The zero-order valence-corrected chi connectivity index (χ0v) is 7.94. The molecule has 0 aliphatic carbocycles. The van der Waals surface area contributed by atoms with Crippen LogP contribution in [-0.2, 0) is 9.53 Å². The second-order valence-corrected chi connectivity index (χ2v) is 3.93. The smallest absolute Gasteiger partial charge is 0.314 e. The topological polar surface area (TPSA) is 72.6 Å². The van der Waals surface area contributed by atoms with Crippen LogP contribution in [0.15, 0.2) is 0 Å². The van der Waals surface area contributed by atoms with Gasteiger partial charge in [0.2, 0.25) is 0 Å². The molecular weight excluding hydrogens is 184 g/mol. The fraction of sp³-hybridized carbons (Fsp3) is 0.778. The van der Waals surface area contributed by atoms with Crippen LogP contribution in [0.2, 0.25) is 0 Å². The van der Waals surface area contributed by atoms with Crippen molar-refractivity contribution in [3.63, 3.8) is 0 Å². The predicted octanol–water partition coefficient (Wildman–Crippen LogP) is -0.255. The van der Waals surface area contributed by atoms with Crippen LogP contribution in [0, 0.1) is 5.92 Å². The van der Waals surface area contributed by atoms with Crippen LogP contribution < -0.4 is 5.73 Å². The summed E-state index contributed by atoms with van der Waals surface area (Å²) >= 11 is 0. The second kappa shape index (κ2) is 3.57. The Kier molecular flexibility index (Phi) is 2.41. The number of likely N-dealkylation sites (tertiary alicyclic amines) is 1. The summed E-state index contributed by atoms with van der Waals surface area (Å²) in [5.74, 6) is 0.273. The molecule has 0 unspecified atom stereocenters. The van der Waals surface area contributed by atoms with Gasteiger partial charge in [-0.2, -0.15) is 0 Å². The van der Waals surface area contributed by atoms with E-state index in [2.05, 4.69) is 0 Å². The molecule has 2 heterocycles. The highest BCUT2D eigenvalue weighted by Gasteiger charge is 2.35. The van der Waals surface area contributed by atoms with E-state index in [0.29, 0.717) is 19.5 Å². The fourth-order valence-electron chi connectivity index (χ4n) is 2.18. The Morgan fingerprint density at radius 2 is 2.36 bits per heavy atom. The number of nitrogens with two attached hydrogens (primary N) is 1. The number of hydrogen-bond donors (Lipinski definition) is 1. The van der Waals surface area contributed by atoms with E-state index in [1.165, 1.54) is 0 Å². The third-order valence-electron chi connectivity index (χ3n) is 2.92. The number of piperidine rings is 1. The Bertz CT molecular complexity index is 265. The Hall–Kier alpha value is -1.10. The van der Waals surface area contributed by atoms with E-state index in [0.717, 1.165) is 6.42 Å². The Labute approximate surface area is 82.2 Å². The summed E-state index contributed by atoms with van der Waals surface area (Å²) in [5, 5.41) is 0. The third kappa shape index (κ3) is 1.72. The van der Waals surface area contributed by atoms with E-state index >= 15 is 0 Å². The highest BCUT2D eigenvalue weighted by molar-refractivity contribution is 5.80. The highest BCUT2D eigenvalue weighted by atomic mass is 16.5. The van der Waals surface area contributed by atoms with E-state index in [-0.39, 0.29) is 24.4 Å². The van der Waals surface area contributed by atoms with Crippen LogP contribution in [0.1, 0.15) is 12.8 Å². The predicted molar refractivity (Wildman–Crippen MR) is 48.6 cm³/mol. The largest absolute Gasteiger partial charge is 0.370 e. The SMILES string of the molecule is NC(=O)N1CC[C@H]2OCC(=O)C[C@@H]2C1. The van der Waals surface area contributed by atoms with Crippen LogP contribution in [0.4, 0.5) is 4.79 Å². The van der Waals surface area contributed by atoms with Crippen molar-refractivity contribution in [2.45, 2.75) is 18.9 Å². The van der Waals surface area contributed by atoms with Crippen molar-refractivity contribution in [3.05, 3.63) is 0 Å². The molecule has 2 fully saturated rings. The second-order valence-electron chi connectivity index (χ2n) is 3.93. The molecule has 2 saturated heterocycles. The lowest BCUT2D eigenvalue weighted by Gasteiger charge is -2.39. The first-order valence-corrected chi connectivity index (χ1v) is 4.84. The van der Waals surface area contributed by atoms with Gasteiger partial charge in [0.1, 0.15) is 6.61 Å². The molecule has 5 nitrogen and oxygen atoms in total. The summed E-state index contributed by atoms with van der Waals surface area (Å²) in [6.45, 7) is 1.44. The van der Waals surface area contributed by atoms with Crippen molar-refractivity contribution in [2.75, 3.05) is 19.7 Å². The highest BCUT2D eigenvalue weighted by Crippen LogP contribution is 2.26. The van der Waals surface area contributed by atoms with Gasteiger partial charge in [-0.15, -0.1) is 0 Å². The molecule has 2 amide bonds. The summed E-state index contributed by atoms with van der Waals surface area (Å²) < 4.78 is 5.39. The van der Waals surface area contributed by atoms with Crippen molar-refractivity contribution in [2.24, 2.45) is 11.7 Å². The number of nitrogens with zero attached hydrogens (tertiary/aromatic N) is 1. The van der Waals surface area contributed by atoms with E-state index in [1.807, 2.05) is 0 Å². The number of urea groups is 1. The van der Waals surface area contributed by atoms with E-state index in [4.69, 9.17) is 10.5 Å². The summed E-state index contributed by atoms with van der Waals surface area (Å²) in [4.78, 5) is 23.7. The monoisotopic (exact) mass is 198 g/mol. The number of hydrogen-bond acceptors (Lipinski definition) is 3. The van der Waals surface area contributed by atoms with E-state index in [9.17, 15) is 9.59 Å². The van der Waals surface area contributed by atoms with Gasteiger partial charge < -0.3 is 15.4 Å². The zero-order chi connectivity index (χ0) is 10.1. The molecule has 2 atom stereocenters. The molecule has 0 aromatic heterocycles. The minimum atomic E-state index is -0.401. The average molecular weight is 198 g/mol. The quantitative estimate of drug-likeness (QED) is 0.583. The zero-order valence-electron chi connectivity index (χ0n) is 7.94. The molecule has 0 spiro atoms. The number of ether oxygens (including phenoxy) is 1. The molecule has 2 aliphatic heterocycles. The van der Waals surface area contributed by atoms with Gasteiger partial charge in [0.25, 0.3) is 0 Å². The summed E-state index contributed by atoms with van der Waals surface area (Å²) in [6.07, 6.45) is 1.46. The number of Topliss-reactive ketones (excluding diaryl/α,β-unsaturated/α-hetero) is 1. The molecule has 14 heavy (non-hydrogen) atoms. The summed E-state index contributed by atoms with van der Waals surface area (Å²) in [7, 11) is 0. The van der Waals surface area contributed by atoms with E-state index < -0.39 is 6.03 Å². The lowest BCUT2D eigenvalue weighted by molar-refractivity contribution is -0.139. The first-order chi connectivity index (χ1) is 6.66. The van der Waals surface area contributed by atoms with Crippen molar-refractivity contribution in [3.8, 4) is 0 Å². The molecule has 2 rings (SSSR count). The Balaban J connectivity index is 1.99. The average Bonchev–Trinajstić information content (AvgIpc) is 2.16. The first-order valence-electron chi connectivity index (χ1n) is 4.84. The number of rotatable bonds is 0. The number of primary amides is 1. The van der Waals surface area contributed by atoms with Crippen LogP contribution in [-0.4, -0.2) is 42.5 Å². The molecule has 0 aromatic carbocycles. The van der Waals surface area contributed by atoms with Gasteiger partial charge in [0.05, 0.1) is 6.10 Å². The number of ketones is 1. The number of carbonyl (C=O) groups is 2. The van der Waals surface area contributed by atoms with Crippen molar-refractivity contribution < 1.29 is 14.3 Å². The Morgan fingerprint density at radius 1 is 1.57 bits per heavy atom. The minimum absolute atomic E-state index is 0.123. The number of amides is 2. The lowest BCUT2D eigenvalue weighted by atomic mass is 9.88. The maximum absolute atomic E-state index is 11.1. The molecule has 2 N–H and O–H groups in total. The molecule has 0 radical (unpaired) electrons. The molecule has 78 valence electrons. The Morgan fingerprint density at radius 3 is 3.07 bits per heavy atom. The van der Waals surface area contributed by atoms with Crippen LogP contribution in [0.5, 0.6) is 0 Å². The molecule has 0 aromatic rings.